The second-order valence-electron chi connectivity index (χ2n) is 2.52. The van der Waals surface area contributed by atoms with E-state index < -0.39 is 0 Å². The van der Waals surface area contributed by atoms with E-state index in [0.29, 0.717) is 12.2 Å². The van der Waals surface area contributed by atoms with Crippen LogP contribution in [-0.2, 0) is 4.74 Å². The van der Waals surface area contributed by atoms with Crippen molar-refractivity contribution < 1.29 is 10.1 Å². The predicted molar refractivity (Wildman–Crippen MR) is 31.7 cm³/mol. The first-order valence-electron chi connectivity index (χ1n) is 3.26. The van der Waals surface area contributed by atoms with Gasteiger partial charge in [-0.15, -0.1) is 0 Å². The lowest BCUT2D eigenvalue weighted by molar-refractivity contribution is -0.683. The topological polar surface area (TPSA) is 25.8 Å². The fraction of sp³-hybridized carbons (Fsp3) is 1.00. The molecule has 0 aliphatic carbocycles. The van der Waals surface area contributed by atoms with Crippen LogP contribution in [0.15, 0.2) is 0 Å². The smallest absolute Gasteiger partial charge is 0.104 e. The van der Waals surface area contributed by atoms with Crippen molar-refractivity contribution >= 4 is 0 Å². The maximum absolute atomic E-state index is 5.45. The van der Waals surface area contributed by atoms with E-state index >= 15 is 0 Å². The lowest BCUT2D eigenvalue weighted by Gasteiger charge is -2.22. The van der Waals surface area contributed by atoms with Gasteiger partial charge in [-0.2, -0.15) is 0 Å². The van der Waals surface area contributed by atoms with Gasteiger partial charge in [-0.25, -0.2) is 0 Å². The Hall–Kier alpha value is -0.0800. The van der Waals surface area contributed by atoms with Crippen molar-refractivity contribution in [3.63, 3.8) is 0 Å². The van der Waals surface area contributed by atoms with Gasteiger partial charge in [-0.3, -0.25) is 0 Å². The molecule has 1 heterocycles. The fourth-order valence-corrected chi connectivity index (χ4v) is 1.07. The third-order valence-corrected chi connectivity index (χ3v) is 1.46. The van der Waals surface area contributed by atoms with Gasteiger partial charge in [0.05, 0.1) is 0 Å². The molecule has 1 rings (SSSR count). The van der Waals surface area contributed by atoms with E-state index in [1.165, 1.54) is 0 Å². The summed E-state index contributed by atoms with van der Waals surface area (Å²) in [6.45, 7) is 6.49. The highest BCUT2D eigenvalue weighted by Gasteiger charge is 2.16. The summed E-state index contributed by atoms with van der Waals surface area (Å²) in [5.74, 6) is 0. The Morgan fingerprint density at radius 3 is 2.00 bits per heavy atom. The van der Waals surface area contributed by atoms with Gasteiger partial charge in [-0.05, 0) is 13.8 Å². The molecule has 0 bridgehead atoms. The van der Waals surface area contributed by atoms with Crippen molar-refractivity contribution in [2.75, 3.05) is 13.1 Å². The summed E-state index contributed by atoms with van der Waals surface area (Å²) < 4.78 is 5.45. The monoisotopic (exact) mass is 116 g/mol. The molecule has 0 aromatic heterocycles. The van der Waals surface area contributed by atoms with E-state index in [9.17, 15) is 0 Å². The van der Waals surface area contributed by atoms with E-state index in [1.54, 1.807) is 0 Å². The van der Waals surface area contributed by atoms with E-state index in [0.717, 1.165) is 13.1 Å². The van der Waals surface area contributed by atoms with Crippen LogP contribution in [0.5, 0.6) is 0 Å². The van der Waals surface area contributed by atoms with E-state index in [-0.39, 0.29) is 0 Å². The van der Waals surface area contributed by atoms with Crippen LogP contribution in [0.4, 0.5) is 0 Å². The molecule has 2 atom stereocenters. The summed E-state index contributed by atoms with van der Waals surface area (Å²) in [5, 5.41) is 2.30. The molecule has 0 aromatic rings. The minimum Gasteiger partial charge on any atom is -0.364 e. The Bertz CT molecular complexity index is 66.9. The molecule has 0 saturated carbocycles. The van der Waals surface area contributed by atoms with Crippen LogP contribution >= 0.6 is 0 Å². The zero-order valence-corrected chi connectivity index (χ0v) is 5.55. The predicted octanol–water partition coefficient (Wildman–Crippen LogP) is -0.643. The first-order valence-corrected chi connectivity index (χ1v) is 3.26. The van der Waals surface area contributed by atoms with Gasteiger partial charge in [0.2, 0.25) is 0 Å². The molecule has 0 aromatic carbocycles. The van der Waals surface area contributed by atoms with Crippen LogP contribution in [0.1, 0.15) is 13.8 Å². The Kier molecular flexibility index (Phi) is 1.86. The lowest BCUT2D eigenvalue weighted by atomic mass is 10.3. The number of nitrogens with two attached hydrogens (primary N) is 1. The molecule has 1 aliphatic heterocycles. The maximum Gasteiger partial charge on any atom is 0.104 e. The molecular formula is C6H14NO+. The molecule has 0 amide bonds. The number of morpholine rings is 1. The Morgan fingerprint density at radius 2 is 1.75 bits per heavy atom. The zero-order valence-electron chi connectivity index (χ0n) is 5.55. The highest BCUT2D eigenvalue weighted by Crippen LogP contribution is 1.95. The largest absolute Gasteiger partial charge is 0.364 e. The van der Waals surface area contributed by atoms with Crippen LogP contribution in [-0.4, -0.2) is 25.3 Å². The Morgan fingerprint density at radius 1 is 1.25 bits per heavy atom. The van der Waals surface area contributed by atoms with Gasteiger partial charge in [0, 0.05) is 0 Å². The average Bonchev–Trinajstić information content (AvgIpc) is 1.64. The summed E-state index contributed by atoms with van der Waals surface area (Å²) in [4.78, 5) is 0. The van der Waals surface area contributed by atoms with Crippen molar-refractivity contribution in [2.45, 2.75) is 26.1 Å². The minimum absolute atomic E-state index is 0.457. The molecule has 1 fully saturated rings. The number of ether oxygens (including phenoxy) is 1. The highest BCUT2D eigenvalue weighted by molar-refractivity contribution is 4.55. The third-order valence-electron chi connectivity index (χ3n) is 1.46. The number of hydrogen-bond acceptors (Lipinski definition) is 1. The molecule has 2 nitrogen and oxygen atoms in total. The average molecular weight is 116 g/mol. The quantitative estimate of drug-likeness (QED) is 0.447. The first kappa shape index (κ1) is 6.05. The summed E-state index contributed by atoms with van der Waals surface area (Å²) in [6, 6.07) is 0. The van der Waals surface area contributed by atoms with E-state index in [2.05, 4.69) is 19.2 Å². The summed E-state index contributed by atoms with van der Waals surface area (Å²) in [7, 11) is 0. The molecule has 0 radical (unpaired) electrons. The normalized spacial score (nSPS) is 39.8. The standard InChI is InChI=1S/C6H13NO/c1-5-3-7-4-6(2)8-5/h5-7H,3-4H2,1-2H3/p+1/t5-,6-/m1/s1. The minimum atomic E-state index is 0.457. The van der Waals surface area contributed by atoms with Crippen molar-refractivity contribution in [1.82, 2.24) is 0 Å². The van der Waals surface area contributed by atoms with E-state index in [1.807, 2.05) is 0 Å². The van der Waals surface area contributed by atoms with Crippen molar-refractivity contribution in [2.24, 2.45) is 0 Å². The van der Waals surface area contributed by atoms with Gasteiger partial charge in [-0.1, -0.05) is 0 Å². The van der Waals surface area contributed by atoms with Gasteiger partial charge >= 0.3 is 0 Å². The first-order chi connectivity index (χ1) is 3.79. The second-order valence-corrected chi connectivity index (χ2v) is 2.52. The summed E-state index contributed by atoms with van der Waals surface area (Å²) in [5.41, 5.74) is 0. The second kappa shape index (κ2) is 2.46. The molecule has 1 saturated heterocycles. The molecule has 0 unspecified atom stereocenters. The van der Waals surface area contributed by atoms with Gasteiger partial charge in [0.25, 0.3) is 0 Å². The van der Waals surface area contributed by atoms with Crippen LogP contribution in [0.2, 0.25) is 0 Å². The van der Waals surface area contributed by atoms with Crippen LogP contribution < -0.4 is 5.32 Å². The van der Waals surface area contributed by atoms with Crippen molar-refractivity contribution in [3.05, 3.63) is 0 Å². The van der Waals surface area contributed by atoms with Crippen LogP contribution in [0.3, 0.4) is 0 Å². The zero-order chi connectivity index (χ0) is 5.98. The van der Waals surface area contributed by atoms with Gasteiger partial charge in [0.1, 0.15) is 25.3 Å². The number of rotatable bonds is 0. The molecule has 0 spiro atoms. The van der Waals surface area contributed by atoms with Crippen LogP contribution in [0, 0.1) is 0 Å². The van der Waals surface area contributed by atoms with Crippen molar-refractivity contribution in [3.8, 4) is 0 Å². The lowest BCUT2D eigenvalue weighted by Crippen LogP contribution is -2.90. The molecule has 2 N–H and O–H groups in total. The number of hydrogen-bond donors (Lipinski definition) is 1. The highest BCUT2D eigenvalue weighted by atomic mass is 16.5. The Balaban J connectivity index is 2.23. The summed E-state index contributed by atoms with van der Waals surface area (Å²) in [6.07, 6.45) is 0.914. The van der Waals surface area contributed by atoms with E-state index in [4.69, 9.17) is 4.74 Å². The fourth-order valence-electron chi connectivity index (χ4n) is 1.07. The maximum atomic E-state index is 5.45. The third kappa shape index (κ3) is 1.46. The SMILES string of the molecule is C[C@@H]1C[NH2+]C[C@@H](C)O1. The number of quaternary nitrogens is 1. The van der Waals surface area contributed by atoms with Gasteiger partial charge < -0.3 is 10.1 Å². The van der Waals surface area contributed by atoms with Gasteiger partial charge in [0.15, 0.2) is 0 Å². The molecular weight excluding hydrogens is 102 g/mol. The molecule has 8 heavy (non-hydrogen) atoms. The summed E-state index contributed by atoms with van der Waals surface area (Å²) >= 11 is 0. The molecule has 1 aliphatic rings. The molecule has 48 valence electrons. The molecule has 2 heteroatoms. The van der Waals surface area contributed by atoms with Crippen molar-refractivity contribution in [1.29, 1.82) is 0 Å². The Labute approximate surface area is 50.2 Å². The van der Waals surface area contributed by atoms with Crippen LogP contribution in [0.25, 0.3) is 0 Å².